The number of pyridine rings is 1. The topological polar surface area (TPSA) is 77.7 Å². The fourth-order valence-corrected chi connectivity index (χ4v) is 4.72. The smallest absolute Gasteiger partial charge is 0.270 e. The number of rotatable bonds is 7. The van der Waals surface area contributed by atoms with E-state index in [4.69, 9.17) is 0 Å². The summed E-state index contributed by atoms with van der Waals surface area (Å²) in [5.41, 5.74) is 3.56. The molecule has 0 radical (unpaired) electrons. The zero-order chi connectivity index (χ0) is 22.7. The molecule has 0 bridgehead atoms. The van der Waals surface area contributed by atoms with Crippen molar-refractivity contribution in [2.75, 3.05) is 0 Å². The van der Waals surface area contributed by atoms with Gasteiger partial charge in [-0.15, -0.1) is 10.2 Å². The van der Waals surface area contributed by atoms with Gasteiger partial charge in [-0.05, 0) is 48.4 Å². The second kappa shape index (κ2) is 9.17. The average molecular weight is 473 g/mol. The van der Waals surface area contributed by atoms with Crippen molar-refractivity contribution in [3.8, 4) is 17.1 Å². The van der Waals surface area contributed by atoms with Gasteiger partial charge in [0.25, 0.3) is 0 Å². The van der Waals surface area contributed by atoms with E-state index in [9.17, 15) is 17.2 Å². The van der Waals surface area contributed by atoms with Crippen molar-refractivity contribution in [2.24, 2.45) is 0 Å². The summed E-state index contributed by atoms with van der Waals surface area (Å²) in [4.78, 5) is 3.77. The van der Waals surface area contributed by atoms with Crippen molar-refractivity contribution in [3.05, 3.63) is 84.2 Å². The molecule has 10 heteroatoms. The number of benzene rings is 2. The van der Waals surface area contributed by atoms with E-state index in [1.54, 1.807) is 12.4 Å². The molecule has 2 aromatic heterocycles. The second-order valence-corrected chi connectivity index (χ2v) is 9.77. The highest BCUT2D eigenvalue weighted by Gasteiger charge is 2.26. The number of nitrogens with zero attached hydrogens (tertiary/aromatic N) is 4. The highest BCUT2D eigenvalue weighted by atomic mass is 32.2. The summed E-state index contributed by atoms with van der Waals surface area (Å²) in [6.45, 7) is 2.00. The minimum Gasteiger partial charge on any atom is -0.270 e. The molecule has 0 amide bonds. The van der Waals surface area contributed by atoms with E-state index in [-0.39, 0.29) is 0 Å². The fraction of sp³-hybridized carbons (Fsp3) is 0.136. The second-order valence-electron chi connectivity index (χ2n) is 6.91. The Morgan fingerprint density at radius 3 is 2.41 bits per heavy atom. The first-order chi connectivity index (χ1) is 15.4. The predicted molar refractivity (Wildman–Crippen MR) is 119 cm³/mol. The number of alkyl halides is 2. The maximum absolute atomic E-state index is 12.7. The molecule has 0 aliphatic carbocycles. The Labute approximate surface area is 188 Å². The Kier molecular flexibility index (Phi) is 6.33. The van der Waals surface area contributed by atoms with E-state index in [0.29, 0.717) is 16.7 Å². The van der Waals surface area contributed by atoms with Crippen LogP contribution in [-0.2, 0) is 15.6 Å². The van der Waals surface area contributed by atoms with Gasteiger partial charge < -0.3 is 0 Å². The van der Waals surface area contributed by atoms with Gasteiger partial charge in [0.05, 0.1) is 10.6 Å². The summed E-state index contributed by atoms with van der Waals surface area (Å²) in [5.74, 6) is -2.35. The lowest BCUT2D eigenvalue weighted by Crippen LogP contribution is -2.11. The molecule has 2 heterocycles. The molecule has 32 heavy (non-hydrogen) atoms. The van der Waals surface area contributed by atoms with Gasteiger partial charge in [-0.3, -0.25) is 9.55 Å². The molecule has 0 unspecified atom stereocenters. The van der Waals surface area contributed by atoms with Gasteiger partial charge in [0.15, 0.2) is 11.0 Å². The molecular weight excluding hydrogens is 454 g/mol. The van der Waals surface area contributed by atoms with Crippen molar-refractivity contribution >= 4 is 21.6 Å². The van der Waals surface area contributed by atoms with Crippen molar-refractivity contribution in [1.82, 2.24) is 19.7 Å². The number of aryl methyl sites for hydroxylation is 1. The molecule has 164 valence electrons. The van der Waals surface area contributed by atoms with Gasteiger partial charge in [0.1, 0.15) is 0 Å². The Bertz CT molecular complexity index is 1330. The zero-order valence-electron chi connectivity index (χ0n) is 16.9. The van der Waals surface area contributed by atoms with Crippen LogP contribution in [0.1, 0.15) is 11.1 Å². The molecule has 6 nitrogen and oxygen atoms in total. The highest BCUT2D eigenvalue weighted by Crippen LogP contribution is 2.31. The summed E-state index contributed by atoms with van der Waals surface area (Å²) in [5, 5.41) is 9.37. The standard InChI is InChI=1S/C22H18F2N4O2S2/c1-15-5-2-3-7-19(15)28-20(17-6-4-12-25-13-17)26-27-22(28)31-14-16-8-10-18(11-9-16)32(29,30)21(23)24/h2-13,21H,14H2,1H3. The molecule has 4 aromatic rings. The fourth-order valence-electron chi connectivity index (χ4n) is 3.10. The Morgan fingerprint density at radius 1 is 1.00 bits per heavy atom. The van der Waals surface area contributed by atoms with Crippen LogP contribution in [0.15, 0.2) is 83.1 Å². The van der Waals surface area contributed by atoms with Gasteiger partial charge in [-0.1, -0.05) is 42.1 Å². The number of hydrogen-bond acceptors (Lipinski definition) is 6. The van der Waals surface area contributed by atoms with E-state index in [2.05, 4.69) is 15.2 Å². The van der Waals surface area contributed by atoms with Crippen LogP contribution in [0.3, 0.4) is 0 Å². The van der Waals surface area contributed by atoms with Gasteiger partial charge in [0, 0.05) is 23.7 Å². The first-order valence-electron chi connectivity index (χ1n) is 9.53. The lowest BCUT2D eigenvalue weighted by atomic mass is 10.2. The van der Waals surface area contributed by atoms with Crippen LogP contribution < -0.4 is 0 Å². The largest absolute Gasteiger partial charge is 0.341 e. The lowest BCUT2D eigenvalue weighted by molar-refractivity contribution is 0.234. The van der Waals surface area contributed by atoms with E-state index >= 15 is 0 Å². The molecule has 0 aliphatic rings. The molecule has 0 aliphatic heterocycles. The van der Waals surface area contributed by atoms with Crippen LogP contribution in [-0.4, -0.2) is 33.9 Å². The maximum atomic E-state index is 12.7. The van der Waals surface area contributed by atoms with Gasteiger partial charge in [-0.2, -0.15) is 8.78 Å². The van der Waals surface area contributed by atoms with Crippen LogP contribution in [0.5, 0.6) is 0 Å². The molecule has 0 saturated carbocycles. The number of para-hydroxylation sites is 1. The van der Waals surface area contributed by atoms with E-state index < -0.39 is 20.5 Å². The van der Waals surface area contributed by atoms with Crippen LogP contribution in [0.2, 0.25) is 0 Å². The first-order valence-corrected chi connectivity index (χ1v) is 12.1. The Hall–Kier alpha value is -3.11. The van der Waals surface area contributed by atoms with Crippen molar-refractivity contribution in [2.45, 2.75) is 28.5 Å². The highest BCUT2D eigenvalue weighted by molar-refractivity contribution is 7.98. The maximum Gasteiger partial charge on any atom is 0.341 e. The first kappa shape index (κ1) is 22.1. The quantitative estimate of drug-likeness (QED) is 0.355. The van der Waals surface area contributed by atoms with E-state index in [1.807, 2.05) is 47.9 Å². The zero-order valence-corrected chi connectivity index (χ0v) is 18.5. The number of aromatic nitrogens is 4. The normalized spacial score (nSPS) is 11.8. The summed E-state index contributed by atoms with van der Waals surface area (Å²) >= 11 is 1.41. The van der Waals surface area contributed by atoms with Crippen molar-refractivity contribution < 1.29 is 17.2 Å². The third-order valence-electron chi connectivity index (χ3n) is 4.76. The minimum absolute atomic E-state index is 0.400. The summed E-state index contributed by atoms with van der Waals surface area (Å²) in [6, 6.07) is 17.1. The molecule has 2 aromatic carbocycles. The van der Waals surface area contributed by atoms with Crippen LogP contribution in [0.25, 0.3) is 17.1 Å². The SMILES string of the molecule is Cc1ccccc1-n1c(SCc2ccc(S(=O)(=O)C(F)F)cc2)nnc1-c1cccnc1. The van der Waals surface area contributed by atoms with Crippen LogP contribution >= 0.6 is 11.8 Å². The minimum atomic E-state index is -4.61. The third-order valence-corrected chi connectivity index (χ3v) is 7.16. The summed E-state index contributed by atoms with van der Waals surface area (Å²) in [7, 11) is -4.61. The van der Waals surface area contributed by atoms with Gasteiger partial charge >= 0.3 is 5.76 Å². The van der Waals surface area contributed by atoms with Crippen molar-refractivity contribution in [1.29, 1.82) is 0 Å². The predicted octanol–water partition coefficient (Wildman–Crippen LogP) is 4.93. The number of halogens is 2. The van der Waals surface area contributed by atoms with Crippen molar-refractivity contribution in [3.63, 3.8) is 0 Å². The molecule has 0 atom stereocenters. The Morgan fingerprint density at radius 2 is 1.75 bits per heavy atom. The summed E-state index contributed by atoms with van der Waals surface area (Å²) in [6.07, 6.45) is 3.40. The third kappa shape index (κ3) is 4.42. The van der Waals surface area contributed by atoms with Gasteiger partial charge in [-0.25, -0.2) is 8.42 Å². The molecule has 4 rings (SSSR count). The number of hydrogen-bond donors (Lipinski definition) is 0. The lowest BCUT2D eigenvalue weighted by Gasteiger charge is -2.13. The molecular formula is C22H18F2N4O2S2. The molecule has 0 saturated heterocycles. The Balaban J connectivity index is 1.65. The average Bonchev–Trinajstić information content (AvgIpc) is 3.22. The molecule has 0 N–H and O–H groups in total. The number of thioether (sulfide) groups is 1. The summed E-state index contributed by atoms with van der Waals surface area (Å²) < 4.78 is 50.6. The van der Waals surface area contributed by atoms with E-state index in [1.165, 1.54) is 36.0 Å². The van der Waals surface area contributed by atoms with Crippen LogP contribution in [0, 0.1) is 6.92 Å². The molecule has 0 spiro atoms. The number of sulfone groups is 1. The monoisotopic (exact) mass is 472 g/mol. The van der Waals surface area contributed by atoms with Crippen LogP contribution in [0.4, 0.5) is 8.78 Å². The van der Waals surface area contributed by atoms with Gasteiger partial charge in [0.2, 0.25) is 9.84 Å². The van der Waals surface area contributed by atoms with E-state index in [0.717, 1.165) is 22.4 Å². The molecule has 0 fully saturated rings.